The summed E-state index contributed by atoms with van der Waals surface area (Å²) in [6.07, 6.45) is 1.63. The monoisotopic (exact) mass is 379 g/mol. The van der Waals surface area contributed by atoms with Gasteiger partial charge in [-0.25, -0.2) is 8.78 Å². The minimum Gasteiger partial charge on any atom is -0.496 e. The van der Waals surface area contributed by atoms with Gasteiger partial charge in [0.05, 0.1) is 12.7 Å². The maximum atomic E-state index is 12.8. The van der Waals surface area contributed by atoms with Crippen molar-refractivity contribution >= 4 is 5.91 Å². The third-order valence-corrected chi connectivity index (χ3v) is 6.60. The second-order valence-electron chi connectivity index (χ2n) is 9.15. The van der Waals surface area contributed by atoms with E-state index in [4.69, 9.17) is 4.74 Å². The molecule has 2 saturated carbocycles. The lowest BCUT2D eigenvalue weighted by atomic mass is 9.56. The van der Waals surface area contributed by atoms with E-state index < -0.39 is 12.0 Å². The molecule has 3 aliphatic rings. The van der Waals surface area contributed by atoms with Gasteiger partial charge in [-0.1, -0.05) is 12.1 Å². The van der Waals surface area contributed by atoms with Crippen molar-refractivity contribution in [2.24, 2.45) is 17.3 Å². The number of likely N-dealkylation sites (tertiary alicyclic amines) is 1. The van der Waals surface area contributed by atoms with Gasteiger partial charge < -0.3 is 14.7 Å². The highest BCUT2D eigenvalue weighted by molar-refractivity contribution is 5.81. The number of ether oxygens (including phenoxy) is 1. The number of halogens is 2. The molecule has 1 aromatic rings. The summed E-state index contributed by atoms with van der Waals surface area (Å²) in [7, 11) is 1.52. The van der Waals surface area contributed by atoms with E-state index in [-0.39, 0.29) is 22.8 Å². The van der Waals surface area contributed by atoms with Crippen LogP contribution in [-0.2, 0) is 11.2 Å². The Morgan fingerprint density at radius 2 is 1.96 bits per heavy atom. The molecule has 0 aromatic heterocycles. The minimum atomic E-state index is -2.49. The quantitative estimate of drug-likeness (QED) is 0.851. The van der Waals surface area contributed by atoms with Crippen LogP contribution in [0.2, 0.25) is 0 Å². The SMILES string of the molecule is COc1cc(C(F)F)ccc1CC1CC2(C1)CN(C(=O)C1CC(C)(O)C1)C2. The van der Waals surface area contributed by atoms with E-state index in [0.717, 1.165) is 37.9 Å². The van der Waals surface area contributed by atoms with E-state index in [0.29, 0.717) is 24.5 Å². The molecule has 0 unspecified atom stereocenters. The molecule has 4 nitrogen and oxygen atoms in total. The molecule has 4 rings (SSSR count). The molecule has 27 heavy (non-hydrogen) atoms. The zero-order valence-corrected chi connectivity index (χ0v) is 15.9. The first-order chi connectivity index (χ1) is 12.7. The van der Waals surface area contributed by atoms with Gasteiger partial charge in [-0.05, 0) is 56.6 Å². The fourth-order valence-electron chi connectivity index (χ4n) is 5.30. The van der Waals surface area contributed by atoms with Crippen molar-refractivity contribution in [3.63, 3.8) is 0 Å². The maximum absolute atomic E-state index is 12.8. The molecule has 1 heterocycles. The number of amides is 1. The number of alkyl halides is 2. The van der Waals surface area contributed by atoms with Crippen molar-refractivity contribution in [1.82, 2.24) is 4.90 Å². The molecule has 1 aliphatic heterocycles. The summed E-state index contributed by atoms with van der Waals surface area (Å²) in [4.78, 5) is 14.3. The summed E-state index contributed by atoms with van der Waals surface area (Å²) in [6, 6.07) is 4.67. The molecular formula is C21H27F2NO3. The van der Waals surface area contributed by atoms with Crippen molar-refractivity contribution in [3.05, 3.63) is 29.3 Å². The third kappa shape index (κ3) is 3.44. The molecule has 6 heteroatoms. The van der Waals surface area contributed by atoms with Crippen LogP contribution in [0.15, 0.2) is 18.2 Å². The number of carbonyl (C=O) groups is 1. The molecule has 2 aliphatic carbocycles. The summed E-state index contributed by atoms with van der Waals surface area (Å²) in [6.45, 7) is 3.43. The van der Waals surface area contributed by atoms with E-state index in [1.807, 2.05) is 4.90 Å². The van der Waals surface area contributed by atoms with Crippen LogP contribution in [0.3, 0.4) is 0 Å². The predicted molar refractivity (Wildman–Crippen MR) is 96.7 cm³/mol. The van der Waals surface area contributed by atoms with Crippen molar-refractivity contribution in [2.75, 3.05) is 20.2 Å². The number of hydrogen-bond acceptors (Lipinski definition) is 3. The molecular weight excluding hydrogens is 352 g/mol. The van der Waals surface area contributed by atoms with Crippen LogP contribution >= 0.6 is 0 Å². The predicted octanol–water partition coefficient (Wildman–Crippen LogP) is 3.57. The second-order valence-corrected chi connectivity index (χ2v) is 9.15. The molecule has 0 bridgehead atoms. The van der Waals surface area contributed by atoms with Crippen LogP contribution in [0.4, 0.5) is 8.78 Å². The van der Waals surface area contributed by atoms with Crippen LogP contribution in [0, 0.1) is 17.3 Å². The first-order valence-corrected chi connectivity index (χ1v) is 9.66. The molecule has 0 radical (unpaired) electrons. The number of benzene rings is 1. The summed E-state index contributed by atoms with van der Waals surface area (Å²) in [5.41, 5.74) is 0.557. The number of carbonyl (C=O) groups excluding carboxylic acids is 1. The van der Waals surface area contributed by atoms with Crippen molar-refractivity contribution in [3.8, 4) is 5.75 Å². The molecule has 0 atom stereocenters. The Balaban J connectivity index is 1.27. The zero-order valence-electron chi connectivity index (χ0n) is 15.9. The molecule has 1 saturated heterocycles. The van der Waals surface area contributed by atoms with Gasteiger partial charge in [0.2, 0.25) is 5.91 Å². The van der Waals surface area contributed by atoms with Crippen LogP contribution in [0.5, 0.6) is 5.75 Å². The van der Waals surface area contributed by atoms with Crippen LogP contribution in [-0.4, -0.2) is 41.7 Å². The van der Waals surface area contributed by atoms with Crippen LogP contribution in [0.1, 0.15) is 50.2 Å². The second kappa shape index (κ2) is 6.43. The Morgan fingerprint density at radius 1 is 1.30 bits per heavy atom. The lowest BCUT2D eigenvalue weighted by molar-refractivity contribution is -0.171. The highest BCUT2D eigenvalue weighted by atomic mass is 19.3. The van der Waals surface area contributed by atoms with E-state index in [2.05, 4.69) is 0 Å². The summed E-state index contributed by atoms with van der Waals surface area (Å²) >= 11 is 0. The van der Waals surface area contributed by atoms with E-state index >= 15 is 0 Å². The third-order valence-electron chi connectivity index (χ3n) is 6.60. The standard InChI is InChI=1S/C21H27F2NO3/c1-20(26)9-16(10-20)19(25)24-11-21(12-24)7-13(8-21)5-14-3-4-15(18(22)23)6-17(14)27-2/h3-4,6,13,16,18,26H,5,7-12H2,1-2H3. The van der Waals surface area contributed by atoms with Gasteiger partial charge in [-0.3, -0.25) is 4.79 Å². The Hall–Kier alpha value is -1.69. The first-order valence-electron chi connectivity index (χ1n) is 9.66. The Bertz CT molecular complexity index is 727. The Labute approximate surface area is 158 Å². The topological polar surface area (TPSA) is 49.8 Å². The minimum absolute atomic E-state index is 0.00849. The average Bonchev–Trinajstić information content (AvgIpc) is 2.52. The fourth-order valence-corrected chi connectivity index (χ4v) is 5.30. The average molecular weight is 379 g/mol. The normalized spacial score (nSPS) is 29.3. The van der Waals surface area contributed by atoms with E-state index in [9.17, 15) is 18.7 Å². The van der Waals surface area contributed by atoms with Gasteiger partial charge >= 0.3 is 0 Å². The van der Waals surface area contributed by atoms with Crippen molar-refractivity contribution in [2.45, 2.75) is 51.1 Å². The molecule has 1 N–H and O–H groups in total. The van der Waals surface area contributed by atoms with Crippen LogP contribution < -0.4 is 4.74 Å². The number of hydrogen-bond donors (Lipinski definition) is 1. The summed E-state index contributed by atoms with van der Waals surface area (Å²) in [5.74, 6) is 1.24. The van der Waals surface area contributed by atoms with Crippen molar-refractivity contribution in [1.29, 1.82) is 0 Å². The Kier molecular flexibility index (Phi) is 4.45. The number of nitrogens with zero attached hydrogens (tertiary/aromatic N) is 1. The molecule has 1 spiro atoms. The van der Waals surface area contributed by atoms with Gasteiger partial charge in [0.1, 0.15) is 5.75 Å². The molecule has 148 valence electrons. The molecule has 1 amide bonds. The smallest absolute Gasteiger partial charge is 0.263 e. The lowest BCUT2D eigenvalue weighted by Gasteiger charge is -2.60. The number of aliphatic hydroxyl groups is 1. The van der Waals surface area contributed by atoms with Gasteiger partial charge in [0, 0.05) is 30.0 Å². The van der Waals surface area contributed by atoms with Gasteiger partial charge in [-0.2, -0.15) is 0 Å². The molecule has 1 aromatic carbocycles. The van der Waals surface area contributed by atoms with Crippen LogP contribution in [0.25, 0.3) is 0 Å². The van der Waals surface area contributed by atoms with Gasteiger partial charge in [0.15, 0.2) is 0 Å². The maximum Gasteiger partial charge on any atom is 0.263 e. The largest absolute Gasteiger partial charge is 0.496 e. The summed E-state index contributed by atoms with van der Waals surface area (Å²) in [5, 5.41) is 9.81. The van der Waals surface area contributed by atoms with Crippen molar-refractivity contribution < 1.29 is 23.4 Å². The Morgan fingerprint density at radius 3 is 2.52 bits per heavy atom. The van der Waals surface area contributed by atoms with E-state index in [1.165, 1.54) is 19.2 Å². The number of methoxy groups -OCH3 is 1. The first kappa shape index (κ1) is 18.7. The lowest BCUT2D eigenvalue weighted by Crippen LogP contribution is -2.66. The molecule has 3 fully saturated rings. The van der Waals surface area contributed by atoms with E-state index in [1.54, 1.807) is 13.0 Å². The van der Waals surface area contributed by atoms with Gasteiger partial charge in [0.25, 0.3) is 6.43 Å². The highest BCUT2D eigenvalue weighted by Gasteiger charge is 2.55. The highest BCUT2D eigenvalue weighted by Crippen LogP contribution is 2.54. The zero-order chi connectivity index (χ0) is 19.4. The fraction of sp³-hybridized carbons (Fsp3) is 0.667. The number of rotatable bonds is 5. The summed E-state index contributed by atoms with van der Waals surface area (Å²) < 4.78 is 31.0. The van der Waals surface area contributed by atoms with Gasteiger partial charge in [-0.15, -0.1) is 0 Å².